The number of halogens is 3. The third kappa shape index (κ3) is 4.95. The zero-order valence-electron chi connectivity index (χ0n) is 27.8. The molecule has 0 amide bonds. The van der Waals surface area contributed by atoms with Crippen LogP contribution in [0.25, 0.3) is 33.4 Å². The van der Waals surface area contributed by atoms with Gasteiger partial charge in [-0.3, -0.25) is 0 Å². The van der Waals surface area contributed by atoms with Gasteiger partial charge in [-0.1, -0.05) is 175 Å². The fraction of sp³-hybridized carbons (Fsp3) is 0.125. The molecule has 0 aromatic heterocycles. The van der Waals surface area contributed by atoms with Crippen LogP contribution in [0.1, 0.15) is 67.8 Å². The molecule has 0 heterocycles. The van der Waals surface area contributed by atoms with Gasteiger partial charge in [0.25, 0.3) is 0 Å². The van der Waals surface area contributed by atoms with E-state index in [0.29, 0.717) is 0 Å². The summed E-state index contributed by atoms with van der Waals surface area (Å²) in [5.41, 5.74) is 21.6. The van der Waals surface area contributed by atoms with Crippen molar-refractivity contribution in [1.29, 1.82) is 0 Å². The van der Waals surface area contributed by atoms with E-state index in [1.807, 2.05) is 0 Å². The molecule has 3 heteroatoms. The van der Waals surface area contributed by atoms with E-state index >= 15 is 0 Å². The number of fused-ring (bicyclic) bond motifs is 12. The van der Waals surface area contributed by atoms with Gasteiger partial charge in [0.05, 0.1) is 0 Å². The van der Waals surface area contributed by atoms with Crippen LogP contribution in [0, 0.1) is 0 Å². The molecule has 0 bridgehead atoms. The Balaban J connectivity index is 1.32. The normalized spacial score (nSPS) is 17.4. The lowest BCUT2D eigenvalue weighted by Crippen LogP contribution is -2.09. The first kappa shape index (κ1) is 31.7. The number of benzene rings is 7. The summed E-state index contributed by atoms with van der Waals surface area (Å²) >= 11 is 11.8. The highest BCUT2D eigenvalue weighted by molar-refractivity contribution is 9.11. The molecule has 0 saturated carbocycles. The Labute approximate surface area is 325 Å². The maximum absolute atomic E-state index is 3.94. The van der Waals surface area contributed by atoms with Crippen LogP contribution in [-0.4, -0.2) is 0 Å². The fourth-order valence-corrected chi connectivity index (χ4v) is 10.9. The largest absolute Gasteiger partial charge is 0.0619 e. The molecule has 0 unspecified atom stereocenters. The summed E-state index contributed by atoms with van der Waals surface area (Å²) < 4.78 is 3.54. The van der Waals surface area contributed by atoms with Crippen LogP contribution in [-0.2, 0) is 19.3 Å². The highest BCUT2D eigenvalue weighted by atomic mass is 79.9. The average Bonchev–Trinajstić information content (AvgIpc) is 3.77. The molecule has 7 aromatic carbocycles. The Kier molecular flexibility index (Phi) is 7.82. The third-order valence-corrected chi connectivity index (χ3v) is 13.9. The molecule has 0 saturated heterocycles. The fourth-order valence-electron chi connectivity index (χ4n) is 9.57. The molecule has 0 N–H and O–H groups in total. The number of hydrogen-bond acceptors (Lipinski definition) is 0. The molecule has 3 aliphatic rings. The predicted molar refractivity (Wildman–Crippen MR) is 222 cm³/mol. The highest BCUT2D eigenvalue weighted by Gasteiger charge is 2.46. The average molecular weight is 850 g/mol. The maximum Gasteiger partial charge on any atom is 0.0207 e. The van der Waals surface area contributed by atoms with E-state index in [-0.39, 0.29) is 17.8 Å². The van der Waals surface area contributed by atoms with Crippen molar-refractivity contribution in [3.05, 3.63) is 209 Å². The summed E-state index contributed by atoms with van der Waals surface area (Å²) in [6.45, 7) is 0. The second-order valence-electron chi connectivity index (χ2n) is 14.2. The van der Waals surface area contributed by atoms with Gasteiger partial charge in [0.15, 0.2) is 0 Å². The van der Waals surface area contributed by atoms with Crippen LogP contribution in [0.4, 0.5) is 0 Å². The molecule has 0 aliphatic heterocycles. The maximum atomic E-state index is 3.94. The van der Waals surface area contributed by atoms with Crippen molar-refractivity contribution in [1.82, 2.24) is 0 Å². The van der Waals surface area contributed by atoms with Crippen LogP contribution in [0.3, 0.4) is 0 Å². The highest BCUT2D eigenvalue weighted by Crippen LogP contribution is 2.65. The summed E-state index contributed by atoms with van der Waals surface area (Å²) in [7, 11) is 0. The molecule has 7 aromatic rings. The van der Waals surface area contributed by atoms with Gasteiger partial charge in [-0.2, -0.15) is 0 Å². The first-order chi connectivity index (χ1) is 25.1. The molecule has 3 aliphatic carbocycles. The van der Waals surface area contributed by atoms with Crippen LogP contribution in [0.5, 0.6) is 0 Å². The number of hydrogen-bond donors (Lipinski definition) is 0. The van der Waals surface area contributed by atoms with Crippen LogP contribution >= 0.6 is 47.8 Å². The van der Waals surface area contributed by atoms with Crippen molar-refractivity contribution in [2.24, 2.45) is 0 Å². The molecule has 0 nitrogen and oxygen atoms in total. The summed E-state index contributed by atoms with van der Waals surface area (Å²) in [4.78, 5) is 0. The SMILES string of the molecule is Brc1ccccc1C[C@@H]1c2ccccc2-c2c1c1c(c3c2[C@H](Cc2ccccc2Br)c2ccccc2-3)[C@H](Cc2ccccc2Br)c2ccccc2-1. The predicted octanol–water partition coefficient (Wildman–Crippen LogP) is 14.0. The van der Waals surface area contributed by atoms with Gasteiger partial charge in [-0.15, -0.1) is 0 Å². The Hall–Kier alpha value is -4.02. The van der Waals surface area contributed by atoms with Crippen LogP contribution in [0.2, 0.25) is 0 Å². The van der Waals surface area contributed by atoms with E-state index in [1.165, 1.54) is 96.9 Å². The smallest absolute Gasteiger partial charge is 0.0207 e. The van der Waals surface area contributed by atoms with E-state index in [2.05, 4.69) is 193 Å². The summed E-state index contributed by atoms with van der Waals surface area (Å²) in [5, 5.41) is 0. The minimum absolute atomic E-state index is 0.233. The van der Waals surface area contributed by atoms with Crippen LogP contribution < -0.4 is 0 Å². The van der Waals surface area contributed by atoms with Crippen molar-refractivity contribution >= 4 is 47.8 Å². The Morgan fingerprint density at radius 3 is 0.863 bits per heavy atom. The Morgan fingerprint density at radius 2 is 0.569 bits per heavy atom. The van der Waals surface area contributed by atoms with Crippen molar-refractivity contribution in [3.63, 3.8) is 0 Å². The van der Waals surface area contributed by atoms with Gasteiger partial charge in [0, 0.05) is 31.2 Å². The van der Waals surface area contributed by atoms with Crippen molar-refractivity contribution in [2.75, 3.05) is 0 Å². The number of rotatable bonds is 6. The zero-order valence-corrected chi connectivity index (χ0v) is 32.6. The lowest BCUT2D eigenvalue weighted by atomic mass is 9.77. The van der Waals surface area contributed by atoms with E-state index in [9.17, 15) is 0 Å². The molecule has 0 spiro atoms. The quantitative estimate of drug-likeness (QED) is 0.156. The molecule has 10 rings (SSSR count). The monoisotopic (exact) mass is 846 g/mol. The Bertz CT molecular complexity index is 2230. The van der Waals surface area contributed by atoms with Gasteiger partial charge >= 0.3 is 0 Å². The van der Waals surface area contributed by atoms with E-state index in [0.717, 1.165) is 19.3 Å². The Morgan fingerprint density at radius 1 is 0.314 bits per heavy atom. The zero-order chi connectivity index (χ0) is 34.2. The van der Waals surface area contributed by atoms with E-state index in [1.54, 1.807) is 0 Å². The standard InChI is InChI=1S/C48H33Br3/c49-40-22-10-1-13-28(40)25-37-31-16-4-7-19-34(31)43-46(37)44-35-20-8-5-17-32(35)38(26-29-14-2-11-23-41(29)50)48(44)45-36-21-9-6-18-33(36)39(47(43)45)27-30-15-3-12-24-42(30)51/h1-24,37-39H,25-27H2/t37-,38-,39-/m1/s1. The molecule has 3 atom stereocenters. The second-order valence-corrected chi connectivity index (χ2v) is 16.7. The molecular weight excluding hydrogens is 816 g/mol. The first-order valence-electron chi connectivity index (χ1n) is 17.8. The minimum Gasteiger partial charge on any atom is -0.0619 e. The molecule has 246 valence electrons. The van der Waals surface area contributed by atoms with Gasteiger partial charge in [-0.05, 0) is 121 Å². The van der Waals surface area contributed by atoms with Crippen molar-refractivity contribution in [2.45, 2.75) is 37.0 Å². The first-order valence-corrected chi connectivity index (χ1v) is 20.2. The second kappa shape index (κ2) is 12.6. The van der Waals surface area contributed by atoms with Gasteiger partial charge in [0.2, 0.25) is 0 Å². The van der Waals surface area contributed by atoms with Gasteiger partial charge in [0.1, 0.15) is 0 Å². The lowest BCUT2D eigenvalue weighted by molar-refractivity contribution is 0.799. The molecular formula is C48H33Br3. The van der Waals surface area contributed by atoms with Crippen molar-refractivity contribution < 1.29 is 0 Å². The van der Waals surface area contributed by atoms with E-state index < -0.39 is 0 Å². The molecule has 51 heavy (non-hydrogen) atoms. The van der Waals surface area contributed by atoms with Crippen molar-refractivity contribution in [3.8, 4) is 33.4 Å². The summed E-state index contributed by atoms with van der Waals surface area (Å²) in [6, 6.07) is 54.3. The van der Waals surface area contributed by atoms with Gasteiger partial charge in [-0.25, -0.2) is 0 Å². The minimum atomic E-state index is 0.233. The summed E-state index contributed by atoms with van der Waals surface area (Å²) in [5.74, 6) is 0.700. The summed E-state index contributed by atoms with van der Waals surface area (Å²) in [6.07, 6.45) is 2.82. The van der Waals surface area contributed by atoms with Gasteiger partial charge < -0.3 is 0 Å². The van der Waals surface area contributed by atoms with Crippen LogP contribution in [0.15, 0.2) is 159 Å². The topological polar surface area (TPSA) is 0 Å². The third-order valence-electron chi connectivity index (χ3n) is 11.6. The lowest BCUT2D eigenvalue weighted by Gasteiger charge is -2.25. The molecule has 0 fully saturated rings. The molecule has 0 radical (unpaired) electrons. The van der Waals surface area contributed by atoms with E-state index in [4.69, 9.17) is 0 Å².